The second-order valence-corrected chi connectivity index (χ2v) is 10.3. The van der Waals surface area contributed by atoms with Gasteiger partial charge in [0.2, 0.25) is 10.0 Å². The average Bonchev–Trinajstić information content (AvgIpc) is 2.83. The molecule has 0 unspecified atom stereocenters. The van der Waals surface area contributed by atoms with E-state index in [0.717, 1.165) is 5.69 Å². The zero-order valence-corrected chi connectivity index (χ0v) is 19.3. The maximum absolute atomic E-state index is 13.2. The molecule has 1 fully saturated rings. The molecule has 35 heavy (non-hydrogen) atoms. The molecule has 2 aromatic rings. The quantitative estimate of drug-likeness (QED) is 0.628. The Balaban J connectivity index is 1.53. The number of carboxylic acids is 1. The number of piperidine rings is 1. The highest BCUT2D eigenvalue weighted by Crippen LogP contribution is 2.30. The van der Waals surface area contributed by atoms with E-state index in [2.05, 4.69) is 9.71 Å². The van der Waals surface area contributed by atoms with E-state index in [0.29, 0.717) is 10.5 Å². The number of halogens is 3. The lowest BCUT2D eigenvalue weighted by molar-refractivity contribution is -0.186. The molecule has 2 aliphatic heterocycles. The Morgan fingerprint density at radius 2 is 1.69 bits per heavy atom. The van der Waals surface area contributed by atoms with Crippen LogP contribution in [0.3, 0.4) is 0 Å². The molecular weight excluding hydrogens is 489 g/mol. The van der Waals surface area contributed by atoms with Crippen molar-refractivity contribution in [2.24, 2.45) is 0 Å². The molecule has 13 heteroatoms. The number of hydrogen-bond acceptors (Lipinski definition) is 6. The molecule has 2 N–H and O–H groups in total. The number of sulfonamides is 1. The van der Waals surface area contributed by atoms with E-state index in [4.69, 9.17) is 0 Å². The lowest BCUT2D eigenvalue weighted by Crippen LogP contribution is -2.60. The number of carbonyl (C=O) groups is 2. The second kappa shape index (κ2) is 9.11. The number of amides is 1. The van der Waals surface area contributed by atoms with Gasteiger partial charge in [0, 0.05) is 44.3 Å². The fourth-order valence-corrected chi connectivity index (χ4v) is 5.90. The Morgan fingerprint density at radius 1 is 1.03 bits per heavy atom. The van der Waals surface area contributed by atoms with Crippen molar-refractivity contribution in [1.29, 1.82) is 0 Å². The van der Waals surface area contributed by atoms with Gasteiger partial charge in [-0.2, -0.15) is 17.9 Å². The van der Waals surface area contributed by atoms with Crippen molar-refractivity contribution in [3.8, 4) is 0 Å². The number of carboxylic acid groups (broad SMARTS) is 1. The number of aromatic nitrogens is 1. The second-order valence-electron chi connectivity index (χ2n) is 8.59. The normalized spacial score (nSPS) is 18.1. The Bertz CT molecular complexity index is 1230. The number of nitrogens with zero attached hydrogens (tertiary/aromatic N) is 3. The van der Waals surface area contributed by atoms with Crippen molar-refractivity contribution in [3.63, 3.8) is 0 Å². The standard InChI is InChI=1S/C22H23F3N4O5S/c23-22(24,25)19(30)29-10-5-15-1-2-18(13-16(15)14-29)35(33,34)27-21(20(31)32)6-11-28(12-7-21)17-3-8-26-9-4-17/h1-4,8-9,13,27H,5-7,10-12,14H2,(H,31,32). The highest BCUT2D eigenvalue weighted by molar-refractivity contribution is 7.89. The summed E-state index contributed by atoms with van der Waals surface area (Å²) >= 11 is 0. The summed E-state index contributed by atoms with van der Waals surface area (Å²) < 4.78 is 67.2. The molecule has 1 aromatic heterocycles. The minimum absolute atomic E-state index is 0.00267. The highest BCUT2D eigenvalue weighted by atomic mass is 32.2. The molecule has 0 radical (unpaired) electrons. The van der Waals surface area contributed by atoms with Crippen molar-refractivity contribution < 1.29 is 36.3 Å². The minimum Gasteiger partial charge on any atom is -0.480 e. The van der Waals surface area contributed by atoms with Gasteiger partial charge in [-0.3, -0.25) is 14.6 Å². The van der Waals surface area contributed by atoms with Crippen molar-refractivity contribution in [2.75, 3.05) is 24.5 Å². The Kier molecular flexibility index (Phi) is 6.49. The van der Waals surface area contributed by atoms with Gasteiger partial charge in [0.25, 0.3) is 0 Å². The molecule has 1 aromatic carbocycles. The molecule has 0 spiro atoms. The monoisotopic (exact) mass is 512 g/mol. The number of rotatable bonds is 5. The van der Waals surface area contributed by atoms with Crippen LogP contribution in [0.5, 0.6) is 0 Å². The van der Waals surface area contributed by atoms with E-state index in [1.54, 1.807) is 24.5 Å². The SMILES string of the molecule is O=C(N1CCc2ccc(S(=O)(=O)NC3(C(=O)O)CCN(c4ccncc4)CC3)cc2C1)C(F)(F)F. The molecular formula is C22H23F3N4O5S. The summed E-state index contributed by atoms with van der Waals surface area (Å²) in [7, 11) is -4.33. The van der Waals surface area contributed by atoms with Crippen molar-refractivity contribution in [3.05, 3.63) is 53.9 Å². The zero-order valence-electron chi connectivity index (χ0n) is 18.5. The van der Waals surface area contributed by atoms with Crippen LogP contribution in [0.4, 0.5) is 18.9 Å². The molecule has 9 nitrogen and oxygen atoms in total. The van der Waals surface area contributed by atoms with E-state index in [9.17, 15) is 36.3 Å². The predicted octanol–water partition coefficient (Wildman–Crippen LogP) is 1.93. The summed E-state index contributed by atoms with van der Waals surface area (Å²) in [5.74, 6) is -3.30. The molecule has 0 bridgehead atoms. The molecule has 1 saturated heterocycles. The first-order valence-electron chi connectivity index (χ1n) is 10.8. The van der Waals surface area contributed by atoms with Gasteiger partial charge in [-0.05, 0) is 54.7 Å². The summed E-state index contributed by atoms with van der Waals surface area (Å²) in [5, 5.41) is 9.91. The summed E-state index contributed by atoms with van der Waals surface area (Å²) in [4.78, 5) is 30.0. The minimum atomic E-state index is -5.03. The molecule has 2 aliphatic rings. The van der Waals surface area contributed by atoms with Gasteiger partial charge in [-0.15, -0.1) is 0 Å². The Hall–Kier alpha value is -3.19. The van der Waals surface area contributed by atoms with Gasteiger partial charge in [-0.1, -0.05) is 6.07 Å². The van der Waals surface area contributed by atoms with Crippen molar-refractivity contribution in [2.45, 2.75) is 42.4 Å². The van der Waals surface area contributed by atoms with Crippen LogP contribution in [-0.2, 0) is 32.6 Å². The van der Waals surface area contributed by atoms with Crippen LogP contribution < -0.4 is 9.62 Å². The van der Waals surface area contributed by atoms with Gasteiger partial charge in [0.05, 0.1) is 4.90 Å². The van der Waals surface area contributed by atoms with Gasteiger partial charge in [0.1, 0.15) is 5.54 Å². The number of fused-ring (bicyclic) bond motifs is 1. The van der Waals surface area contributed by atoms with E-state index < -0.39 is 33.6 Å². The lowest BCUT2D eigenvalue weighted by atomic mass is 9.88. The van der Waals surface area contributed by atoms with Crippen LogP contribution in [0.15, 0.2) is 47.6 Å². The maximum atomic E-state index is 13.2. The first-order chi connectivity index (χ1) is 16.4. The average molecular weight is 513 g/mol. The van der Waals surface area contributed by atoms with E-state index in [1.165, 1.54) is 18.2 Å². The van der Waals surface area contributed by atoms with Crippen LogP contribution in [0.1, 0.15) is 24.0 Å². The van der Waals surface area contributed by atoms with Crippen molar-refractivity contribution in [1.82, 2.24) is 14.6 Å². The molecule has 0 atom stereocenters. The summed E-state index contributed by atoms with van der Waals surface area (Å²) in [6.45, 7) is 0.0584. The Morgan fingerprint density at radius 3 is 2.29 bits per heavy atom. The summed E-state index contributed by atoms with van der Waals surface area (Å²) in [6, 6.07) is 7.54. The maximum Gasteiger partial charge on any atom is 0.471 e. The van der Waals surface area contributed by atoms with Crippen LogP contribution in [0.2, 0.25) is 0 Å². The first-order valence-corrected chi connectivity index (χ1v) is 12.3. The highest BCUT2D eigenvalue weighted by Gasteiger charge is 2.46. The number of nitrogens with one attached hydrogen (secondary N) is 1. The smallest absolute Gasteiger partial charge is 0.471 e. The molecule has 1 amide bonds. The van der Waals surface area contributed by atoms with Gasteiger partial charge < -0.3 is 14.9 Å². The molecule has 0 saturated carbocycles. The third-order valence-electron chi connectivity index (χ3n) is 6.41. The molecule has 0 aliphatic carbocycles. The van der Waals surface area contributed by atoms with Crippen LogP contribution in [-0.4, -0.2) is 66.6 Å². The van der Waals surface area contributed by atoms with Gasteiger partial charge in [0.15, 0.2) is 0 Å². The summed E-state index contributed by atoms with van der Waals surface area (Å²) in [6.07, 6.45) is -1.66. The van der Waals surface area contributed by atoms with E-state index >= 15 is 0 Å². The summed E-state index contributed by atoms with van der Waals surface area (Å²) in [5.41, 5.74) is 0.00758. The first kappa shape index (κ1) is 24.9. The Labute approximate surface area is 199 Å². The number of anilines is 1. The number of alkyl halides is 3. The van der Waals surface area contributed by atoms with E-state index in [1.807, 2.05) is 4.90 Å². The molecule has 3 heterocycles. The van der Waals surface area contributed by atoms with E-state index in [-0.39, 0.29) is 55.9 Å². The van der Waals surface area contributed by atoms with Crippen LogP contribution >= 0.6 is 0 Å². The number of pyridine rings is 1. The number of carbonyl (C=O) groups excluding carboxylic acids is 1. The largest absolute Gasteiger partial charge is 0.480 e. The number of hydrogen-bond donors (Lipinski definition) is 2. The third kappa shape index (κ3) is 5.10. The van der Waals surface area contributed by atoms with Crippen LogP contribution in [0.25, 0.3) is 0 Å². The van der Waals surface area contributed by atoms with Crippen LogP contribution in [0, 0.1) is 0 Å². The van der Waals surface area contributed by atoms with Gasteiger partial charge in [-0.25, -0.2) is 8.42 Å². The lowest BCUT2D eigenvalue weighted by Gasteiger charge is -2.40. The predicted molar refractivity (Wildman–Crippen MR) is 118 cm³/mol. The topological polar surface area (TPSA) is 120 Å². The fraction of sp³-hybridized carbons (Fsp3) is 0.409. The molecule has 4 rings (SSSR count). The number of benzene rings is 1. The number of aliphatic carboxylic acids is 1. The fourth-order valence-electron chi connectivity index (χ4n) is 4.43. The zero-order chi connectivity index (χ0) is 25.4. The molecule has 188 valence electrons. The van der Waals surface area contributed by atoms with Gasteiger partial charge >= 0.3 is 18.1 Å². The van der Waals surface area contributed by atoms with Crippen molar-refractivity contribution >= 4 is 27.6 Å². The third-order valence-corrected chi connectivity index (χ3v) is 7.95.